The van der Waals surface area contributed by atoms with Crippen molar-refractivity contribution in [3.8, 4) is 11.3 Å². The second-order valence-electron chi connectivity index (χ2n) is 5.92. The van der Waals surface area contributed by atoms with Crippen LogP contribution >= 0.6 is 23.2 Å². The lowest BCUT2D eigenvalue weighted by Crippen LogP contribution is -3.00. The minimum atomic E-state index is 0. The summed E-state index contributed by atoms with van der Waals surface area (Å²) in [5.74, 6) is 1.37. The predicted octanol–water partition coefficient (Wildman–Crippen LogP) is 1.75. The quantitative estimate of drug-likeness (QED) is 0.613. The molecule has 3 aromatic rings. The molecule has 0 fully saturated rings. The van der Waals surface area contributed by atoms with Crippen LogP contribution in [0.5, 0.6) is 0 Å². The lowest BCUT2D eigenvalue weighted by Gasteiger charge is -2.03. The average molecular weight is 380 g/mol. The maximum atomic E-state index is 6.35. The minimum Gasteiger partial charge on any atom is -1.00 e. The fourth-order valence-electron chi connectivity index (χ4n) is 3.32. The standard InChI is InChI=1S/C19H17Cl2N2.ClH/c20-16-9-8-15(17(21)11-16)12-22-13-18(14-5-2-1-3-6-14)23-10-4-7-19(22)23;/h1-3,5-6,8-9,11,13H,4,7,10,12H2;1H/q+1;/p-1. The van der Waals surface area contributed by atoms with E-state index in [4.69, 9.17) is 23.2 Å². The first-order chi connectivity index (χ1) is 11.2. The highest BCUT2D eigenvalue weighted by molar-refractivity contribution is 6.35. The van der Waals surface area contributed by atoms with Crippen LogP contribution in [-0.4, -0.2) is 4.57 Å². The number of halogens is 3. The van der Waals surface area contributed by atoms with Crippen LogP contribution in [0, 0.1) is 0 Å². The van der Waals surface area contributed by atoms with Crippen molar-refractivity contribution < 1.29 is 17.0 Å². The van der Waals surface area contributed by atoms with Gasteiger partial charge in [-0.15, -0.1) is 0 Å². The number of nitrogens with zero attached hydrogens (tertiary/aromatic N) is 2. The Morgan fingerprint density at radius 1 is 1.04 bits per heavy atom. The largest absolute Gasteiger partial charge is 1.00 e. The first kappa shape index (κ1) is 17.3. The van der Waals surface area contributed by atoms with E-state index in [0.717, 1.165) is 30.1 Å². The van der Waals surface area contributed by atoms with E-state index in [0.29, 0.717) is 5.02 Å². The zero-order valence-corrected chi connectivity index (χ0v) is 15.3. The fourth-order valence-corrected chi connectivity index (χ4v) is 3.79. The van der Waals surface area contributed by atoms with Crippen LogP contribution in [0.1, 0.15) is 17.8 Å². The topological polar surface area (TPSA) is 8.81 Å². The van der Waals surface area contributed by atoms with Gasteiger partial charge in [0.05, 0.1) is 13.0 Å². The van der Waals surface area contributed by atoms with E-state index in [1.165, 1.54) is 23.5 Å². The van der Waals surface area contributed by atoms with Gasteiger partial charge in [0.2, 0.25) is 0 Å². The fraction of sp³-hybridized carbons (Fsp3) is 0.211. The van der Waals surface area contributed by atoms with E-state index in [9.17, 15) is 0 Å². The Labute approximate surface area is 158 Å². The van der Waals surface area contributed by atoms with Gasteiger partial charge in [-0.2, -0.15) is 0 Å². The number of hydrogen-bond acceptors (Lipinski definition) is 0. The van der Waals surface area contributed by atoms with Gasteiger partial charge in [-0.1, -0.05) is 59.6 Å². The van der Waals surface area contributed by atoms with Crippen molar-refractivity contribution in [2.24, 2.45) is 0 Å². The number of aromatic nitrogens is 2. The summed E-state index contributed by atoms with van der Waals surface area (Å²) in [5, 5.41) is 1.40. The first-order valence-electron chi connectivity index (χ1n) is 7.83. The number of rotatable bonds is 3. The number of benzene rings is 2. The Kier molecular flexibility index (Phi) is 5.19. The first-order valence-corrected chi connectivity index (χ1v) is 8.59. The summed E-state index contributed by atoms with van der Waals surface area (Å²) in [6, 6.07) is 16.3. The summed E-state index contributed by atoms with van der Waals surface area (Å²) in [7, 11) is 0. The molecular formula is C19H17Cl3N2. The summed E-state index contributed by atoms with van der Waals surface area (Å²) >= 11 is 12.4. The number of hydrogen-bond donors (Lipinski definition) is 0. The second kappa shape index (κ2) is 7.18. The van der Waals surface area contributed by atoms with Gasteiger partial charge in [0.25, 0.3) is 5.82 Å². The molecule has 0 atom stereocenters. The Hall–Kier alpha value is -1.48. The third kappa shape index (κ3) is 3.19. The highest BCUT2D eigenvalue weighted by Gasteiger charge is 2.28. The summed E-state index contributed by atoms with van der Waals surface area (Å²) in [6.07, 6.45) is 4.55. The molecule has 124 valence electrons. The summed E-state index contributed by atoms with van der Waals surface area (Å²) in [4.78, 5) is 0. The number of fused-ring (bicyclic) bond motifs is 1. The molecule has 0 amide bonds. The molecule has 0 bridgehead atoms. The lowest BCUT2D eigenvalue weighted by atomic mass is 10.1. The average Bonchev–Trinajstić information content (AvgIpc) is 3.14. The Bertz CT molecular complexity index is 857. The van der Waals surface area contributed by atoms with Crippen molar-refractivity contribution >= 4 is 23.2 Å². The molecule has 0 N–H and O–H groups in total. The monoisotopic (exact) mass is 378 g/mol. The zero-order chi connectivity index (χ0) is 15.8. The second-order valence-corrected chi connectivity index (χ2v) is 6.76. The van der Waals surface area contributed by atoms with E-state index < -0.39 is 0 Å². The summed E-state index contributed by atoms with van der Waals surface area (Å²) < 4.78 is 4.75. The minimum absolute atomic E-state index is 0. The Morgan fingerprint density at radius 2 is 1.83 bits per heavy atom. The van der Waals surface area contributed by atoms with Crippen molar-refractivity contribution in [1.29, 1.82) is 0 Å². The molecule has 5 heteroatoms. The van der Waals surface area contributed by atoms with Gasteiger partial charge in [-0.3, -0.25) is 0 Å². The van der Waals surface area contributed by atoms with Crippen LogP contribution in [0.2, 0.25) is 10.0 Å². The number of imidazole rings is 1. The maximum absolute atomic E-state index is 6.35. The van der Waals surface area contributed by atoms with Crippen LogP contribution in [0.15, 0.2) is 54.7 Å². The summed E-state index contributed by atoms with van der Waals surface area (Å²) in [6.45, 7) is 1.86. The van der Waals surface area contributed by atoms with Crippen molar-refractivity contribution in [2.45, 2.75) is 25.9 Å². The van der Waals surface area contributed by atoms with Gasteiger partial charge in [0.15, 0.2) is 5.69 Å². The van der Waals surface area contributed by atoms with E-state index >= 15 is 0 Å². The Morgan fingerprint density at radius 3 is 2.58 bits per heavy atom. The van der Waals surface area contributed by atoms with E-state index in [1.807, 2.05) is 18.2 Å². The van der Waals surface area contributed by atoms with E-state index in [-0.39, 0.29) is 12.4 Å². The third-order valence-corrected chi connectivity index (χ3v) is 5.01. The van der Waals surface area contributed by atoms with E-state index in [2.05, 4.69) is 45.7 Å². The van der Waals surface area contributed by atoms with Gasteiger partial charge in [0, 0.05) is 21.2 Å². The SMILES string of the molecule is Clc1ccc(C[n+]2cc(-c3ccccc3)n3c2CCC3)c(Cl)c1.[Cl-]. The smallest absolute Gasteiger partial charge is 0.257 e. The molecule has 4 rings (SSSR count). The molecule has 1 aliphatic rings. The van der Waals surface area contributed by atoms with Crippen LogP contribution in [0.3, 0.4) is 0 Å². The van der Waals surface area contributed by atoms with Gasteiger partial charge >= 0.3 is 0 Å². The van der Waals surface area contributed by atoms with Crippen LogP contribution < -0.4 is 17.0 Å². The normalized spacial score (nSPS) is 12.8. The molecule has 0 saturated heterocycles. The van der Waals surface area contributed by atoms with Crippen LogP contribution in [0.4, 0.5) is 0 Å². The van der Waals surface area contributed by atoms with Gasteiger partial charge in [-0.25, -0.2) is 9.13 Å². The van der Waals surface area contributed by atoms with Gasteiger partial charge in [0.1, 0.15) is 12.7 Å². The molecule has 2 heterocycles. The van der Waals surface area contributed by atoms with Crippen molar-refractivity contribution in [1.82, 2.24) is 4.57 Å². The highest BCUT2D eigenvalue weighted by atomic mass is 35.5. The molecule has 0 aliphatic carbocycles. The molecule has 0 saturated carbocycles. The van der Waals surface area contributed by atoms with Gasteiger partial charge in [-0.05, 0) is 18.6 Å². The van der Waals surface area contributed by atoms with Gasteiger partial charge < -0.3 is 12.4 Å². The predicted molar refractivity (Wildman–Crippen MR) is 93.9 cm³/mol. The molecule has 1 aromatic heterocycles. The van der Waals surface area contributed by atoms with Crippen molar-refractivity contribution in [3.63, 3.8) is 0 Å². The Balaban J connectivity index is 0.00000169. The van der Waals surface area contributed by atoms with Crippen LogP contribution in [0.25, 0.3) is 11.3 Å². The highest BCUT2D eigenvalue weighted by Crippen LogP contribution is 2.26. The zero-order valence-electron chi connectivity index (χ0n) is 13.1. The molecule has 2 nitrogen and oxygen atoms in total. The lowest BCUT2D eigenvalue weighted by molar-refractivity contribution is -0.694. The molecular weight excluding hydrogens is 363 g/mol. The van der Waals surface area contributed by atoms with E-state index in [1.54, 1.807) is 0 Å². The summed E-state index contributed by atoms with van der Waals surface area (Å²) in [5.41, 5.74) is 3.64. The maximum Gasteiger partial charge on any atom is 0.257 e. The molecule has 0 radical (unpaired) electrons. The van der Waals surface area contributed by atoms with Crippen molar-refractivity contribution in [2.75, 3.05) is 0 Å². The molecule has 0 spiro atoms. The molecule has 2 aromatic carbocycles. The van der Waals surface area contributed by atoms with Crippen molar-refractivity contribution in [3.05, 3.63) is 76.2 Å². The third-order valence-electron chi connectivity index (χ3n) is 4.42. The molecule has 1 aliphatic heterocycles. The van der Waals surface area contributed by atoms with Crippen LogP contribution in [-0.2, 0) is 19.5 Å². The molecule has 24 heavy (non-hydrogen) atoms. The molecule has 0 unspecified atom stereocenters.